The standard InChI is InChI=1S/C33H35F2N5O3/c1-20-13-23(11-12-36-20)31-24-15-22(8-9-27(24)37-38-31)29(41)14-21-7-10-28(32(42)40-18-33(2,35)19-40)39(16-21)17-25-26(34)5-4-6-30(25)43-3/h4-6,8-9,11-13,15,21,28H,7,10,14,16-19H2,1-3H3,(H,37,38)/t21-,28-/m0/s1. The minimum atomic E-state index is -1.38. The number of piperidine rings is 1. The van der Waals surface area contributed by atoms with Gasteiger partial charge in [-0.25, -0.2) is 8.78 Å². The zero-order chi connectivity index (χ0) is 30.3. The van der Waals surface area contributed by atoms with Crippen LogP contribution in [0.5, 0.6) is 5.75 Å². The third-order valence-corrected chi connectivity index (χ3v) is 8.61. The van der Waals surface area contributed by atoms with Gasteiger partial charge in [-0.15, -0.1) is 0 Å². The fourth-order valence-electron chi connectivity index (χ4n) is 6.43. The summed E-state index contributed by atoms with van der Waals surface area (Å²) in [6.45, 7) is 4.09. The van der Waals surface area contributed by atoms with E-state index < -0.39 is 17.5 Å². The van der Waals surface area contributed by atoms with E-state index in [1.165, 1.54) is 25.0 Å². The predicted octanol–water partition coefficient (Wildman–Crippen LogP) is 5.51. The lowest BCUT2D eigenvalue weighted by Crippen LogP contribution is -2.64. The smallest absolute Gasteiger partial charge is 0.240 e. The Hall–Kier alpha value is -4.18. The summed E-state index contributed by atoms with van der Waals surface area (Å²) in [5, 5.41) is 8.38. The number of alkyl halides is 1. The fraction of sp³-hybridized carbons (Fsp3) is 0.394. The van der Waals surface area contributed by atoms with Crippen molar-refractivity contribution in [2.45, 2.75) is 51.4 Å². The van der Waals surface area contributed by atoms with Crippen LogP contribution in [0, 0.1) is 18.7 Å². The molecule has 0 bridgehead atoms. The van der Waals surface area contributed by atoms with Crippen LogP contribution in [0.1, 0.15) is 47.8 Å². The Bertz CT molecular complexity index is 1680. The lowest BCUT2D eigenvalue weighted by Gasteiger charge is -2.47. The number of halogens is 2. The molecule has 4 heterocycles. The number of pyridine rings is 1. The third-order valence-electron chi connectivity index (χ3n) is 8.61. The number of H-pyrrole nitrogens is 1. The zero-order valence-corrected chi connectivity index (χ0v) is 24.6. The summed E-state index contributed by atoms with van der Waals surface area (Å²) in [5.41, 5.74) is 2.95. The number of benzene rings is 2. The molecule has 2 aliphatic heterocycles. The summed E-state index contributed by atoms with van der Waals surface area (Å²) in [6.07, 6.45) is 3.18. The SMILES string of the molecule is COc1cccc(F)c1CN1C[C@H](CC(=O)c2ccc3[nH]nc(-c4ccnc(C)c4)c3c2)CC[C@H]1C(=O)N1CC(C)(F)C1. The minimum absolute atomic E-state index is 0.00547. The quantitative estimate of drug-likeness (QED) is 0.274. The molecular formula is C33H35F2N5O3. The molecule has 2 aromatic heterocycles. The minimum Gasteiger partial charge on any atom is -0.496 e. The number of amides is 1. The number of aromatic amines is 1. The highest BCUT2D eigenvalue weighted by molar-refractivity contribution is 6.02. The van der Waals surface area contributed by atoms with Gasteiger partial charge in [-0.2, -0.15) is 5.10 Å². The summed E-state index contributed by atoms with van der Waals surface area (Å²) in [5.74, 6) is -0.218. The number of ether oxygens (including phenoxy) is 1. The second kappa shape index (κ2) is 11.5. The van der Waals surface area contributed by atoms with Gasteiger partial charge >= 0.3 is 0 Å². The van der Waals surface area contributed by atoms with Crippen LogP contribution in [0.4, 0.5) is 8.78 Å². The lowest BCUT2D eigenvalue weighted by molar-refractivity contribution is -0.152. The number of aryl methyl sites for hydroxylation is 1. The van der Waals surface area contributed by atoms with Gasteiger partial charge in [-0.05, 0) is 75.1 Å². The molecule has 8 nitrogen and oxygen atoms in total. The molecule has 1 N–H and O–H groups in total. The topological polar surface area (TPSA) is 91.4 Å². The number of rotatable bonds is 8. The number of hydrogen-bond acceptors (Lipinski definition) is 6. The van der Waals surface area contributed by atoms with Crippen molar-refractivity contribution >= 4 is 22.6 Å². The first-order valence-electron chi connectivity index (χ1n) is 14.6. The molecule has 2 saturated heterocycles. The molecule has 0 spiro atoms. The van der Waals surface area contributed by atoms with Crippen molar-refractivity contribution in [1.82, 2.24) is 25.0 Å². The summed E-state index contributed by atoms with van der Waals surface area (Å²) in [6, 6.07) is 13.5. The van der Waals surface area contributed by atoms with E-state index in [4.69, 9.17) is 4.74 Å². The van der Waals surface area contributed by atoms with Gasteiger partial charge in [-0.1, -0.05) is 6.07 Å². The van der Waals surface area contributed by atoms with Crippen LogP contribution in [-0.2, 0) is 11.3 Å². The maximum absolute atomic E-state index is 14.9. The predicted molar refractivity (Wildman–Crippen MR) is 159 cm³/mol. The van der Waals surface area contributed by atoms with E-state index in [2.05, 4.69) is 15.2 Å². The number of nitrogens with one attached hydrogen (secondary N) is 1. The van der Waals surface area contributed by atoms with Gasteiger partial charge in [0.2, 0.25) is 5.91 Å². The van der Waals surface area contributed by atoms with Crippen molar-refractivity contribution in [1.29, 1.82) is 0 Å². The Morgan fingerprint density at radius 1 is 1.14 bits per heavy atom. The Kier molecular flexibility index (Phi) is 7.72. The summed E-state index contributed by atoms with van der Waals surface area (Å²) >= 11 is 0. The molecule has 224 valence electrons. The number of Topliss-reactive ketones (excluding diaryl/α,β-unsaturated/α-hetero) is 1. The number of fused-ring (bicyclic) bond motifs is 1. The highest BCUT2D eigenvalue weighted by Gasteiger charge is 2.45. The van der Waals surface area contributed by atoms with Gasteiger partial charge in [0.1, 0.15) is 22.9 Å². The van der Waals surface area contributed by atoms with Crippen LogP contribution in [0.3, 0.4) is 0 Å². The first kappa shape index (κ1) is 28.9. The molecule has 43 heavy (non-hydrogen) atoms. The summed E-state index contributed by atoms with van der Waals surface area (Å²) < 4.78 is 34.6. The van der Waals surface area contributed by atoms with E-state index in [0.29, 0.717) is 36.3 Å². The molecule has 10 heteroatoms. The van der Waals surface area contributed by atoms with Crippen LogP contribution < -0.4 is 4.74 Å². The van der Waals surface area contributed by atoms with E-state index in [1.807, 2.05) is 36.1 Å². The molecule has 2 aromatic carbocycles. The largest absolute Gasteiger partial charge is 0.496 e. The number of methoxy groups -OCH3 is 1. The number of aromatic nitrogens is 3. The van der Waals surface area contributed by atoms with Crippen molar-refractivity contribution in [2.24, 2.45) is 5.92 Å². The highest BCUT2D eigenvalue weighted by Crippen LogP contribution is 2.34. The first-order valence-corrected chi connectivity index (χ1v) is 14.6. The van der Waals surface area contributed by atoms with Gasteiger partial charge in [0.25, 0.3) is 0 Å². The van der Waals surface area contributed by atoms with Crippen LogP contribution in [0.15, 0.2) is 54.7 Å². The number of carbonyl (C=O) groups excluding carboxylic acids is 2. The molecule has 4 aromatic rings. The Labute approximate surface area is 249 Å². The summed E-state index contributed by atoms with van der Waals surface area (Å²) in [4.78, 5) is 34.8. The normalized spacial score (nSPS) is 20.2. The third kappa shape index (κ3) is 5.88. The average molecular weight is 588 g/mol. The van der Waals surface area contributed by atoms with Crippen LogP contribution >= 0.6 is 0 Å². The molecule has 2 fully saturated rings. The Balaban J connectivity index is 1.22. The second-order valence-corrected chi connectivity index (χ2v) is 12.1. The van der Waals surface area contributed by atoms with Crippen molar-refractivity contribution in [3.8, 4) is 17.0 Å². The van der Waals surface area contributed by atoms with E-state index in [0.717, 1.165) is 27.9 Å². The fourth-order valence-corrected chi connectivity index (χ4v) is 6.43. The number of likely N-dealkylation sites (tertiary alicyclic amines) is 2. The van der Waals surface area contributed by atoms with Crippen molar-refractivity contribution < 1.29 is 23.1 Å². The average Bonchev–Trinajstić information content (AvgIpc) is 3.40. The molecule has 0 radical (unpaired) electrons. The van der Waals surface area contributed by atoms with Crippen LogP contribution in [-0.4, -0.2) is 75.1 Å². The number of carbonyl (C=O) groups is 2. The first-order chi connectivity index (χ1) is 20.6. The van der Waals surface area contributed by atoms with Crippen molar-refractivity contribution in [3.63, 3.8) is 0 Å². The maximum atomic E-state index is 14.9. The van der Waals surface area contributed by atoms with Gasteiger partial charge in [-0.3, -0.25) is 24.6 Å². The number of hydrogen-bond donors (Lipinski definition) is 1. The van der Waals surface area contributed by atoms with E-state index in [9.17, 15) is 18.4 Å². The van der Waals surface area contributed by atoms with Crippen LogP contribution in [0.2, 0.25) is 0 Å². The van der Waals surface area contributed by atoms with E-state index in [-0.39, 0.29) is 43.7 Å². The Morgan fingerprint density at radius 2 is 1.95 bits per heavy atom. The number of ketones is 1. The lowest BCUT2D eigenvalue weighted by atomic mass is 9.86. The molecule has 0 saturated carbocycles. The Morgan fingerprint density at radius 3 is 2.70 bits per heavy atom. The van der Waals surface area contributed by atoms with Gasteiger partial charge in [0.05, 0.1) is 31.8 Å². The number of nitrogens with zero attached hydrogens (tertiary/aromatic N) is 4. The summed E-state index contributed by atoms with van der Waals surface area (Å²) in [7, 11) is 1.48. The van der Waals surface area contributed by atoms with Gasteiger partial charge in [0, 0.05) is 53.5 Å². The van der Waals surface area contributed by atoms with E-state index in [1.54, 1.807) is 24.4 Å². The molecule has 1 amide bonds. The van der Waals surface area contributed by atoms with E-state index >= 15 is 0 Å². The second-order valence-electron chi connectivity index (χ2n) is 12.1. The maximum Gasteiger partial charge on any atom is 0.240 e. The van der Waals surface area contributed by atoms with Crippen LogP contribution in [0.25, 0.3) is 22.2 Å². The van der Waals surface area contributed by atoms with Crippen molar-refractivity contribution in [2.75, 3.05) is 26.7 Å². The van der Waals surface area contributed by atoms with Gasteiger partial charge < -0.3 is 9.64 Å². The monoisotopic (exact) mass is 587 g/mol. The molecule has 0 aliphatic carbocycles. The van der Waals surface area contributed by atoms with Gasteiger partial charge in [0.15, 0.2) is 5.78 Å². The molecule has 0 unspecified atom stereocenters. The molecular weight excluding hydrogens is 552 g/mol. The van der Waals surface area contributed by atoms with Crippen molar-refractivity contribution in [3.05, 3.63) is 77.4 Å². The molecule has 2 atom stereocenters. The molecule has 2 aliphatic rings. The zero-order valence-electron chi connectivity index (χ0n) is 24.6. The molecule has 6 rings (SSSR count). The highest BCUT2D eigenvalue weighted by atomic mass is 19.1.